The van der Waals surface area contributed by atoms with Crippen LogP contribution < -0.4 is 10.4 Å². The van der Waals surface area contributed by atoms with Gasteiger partial charge in [-0.2, -0.15) is 4.31 Å². The van der Waals surface area contributed by atoms with Gasteiger partial charge in [0.05, 0.1) is 22.8 Å². The van der Waals surface area contributed by atoms with E-state index < -0.39 is 15.9 Å². The van der Waals surface area contributed by atoms with Crippen molar-refractivity contribution in [1.82, 2.24) is 9.73 Å². The number of sulfonamides is 1. The van der Waals surface area contributed by atoms with Crippen LogP contribution in [-0.2, 0) is 14.8 Å². The minimum atomic E-state index is -3.82. The van der Waals surface area contributed by atoms with E-state index in [4.69, 9.17) is 11.6 Å². The number of amides is 1. The summed E-state index contributed by atoms with van der Waals surface area (Å²) >= 11 is 5.82. The van der Waals surface area contributed by atoms with Crippen LogP contribution in [0, 0.1) is 0 Å². The monoisotopic (exact) mass is 429 g/mol. The number of hydrogen-bond donors (Lipinski definition) is 1. The number of hydrazine groups is 1. The Labute approximate surface area is 175 Å². The first-order valence-corrected chi connectivity index (χ1v) is 10.6. The van der Waals surface area contributed by atoms with E-state index in [9.17, 15) is 13.2 Å². The number of para-hydroxylation sites is 2. The highest BCUT2D eigenvalue weighted by Gasteiger charge is 2.24. The van der Waals surface area contributed by atoms with Gasteiger partial charge in [-0.05, 0) is 48.5 Å². The first-order chi connectivity index (χ1) is 13.9. The summed E-state index contributed by atoms with van der Waals surface area (Å²) in [7, 11) is -2.46. The third kappa shape index (κ3) is 5.14. The smallest absolute Gasteiger partial charge is 0.254 e. The van der Waals surface area contributed by atoms with Crippen molar-refractivity contribution in [2.45, 2.75) is 4.90 Å². The average molecular weight is 430 g/mol. The van der Waals surface area contributed by atoms with Crippen molar-refractivity contribution in [2.75, 3.05) is 18.6 Å². The summed E-state index contributed by atoms with van der Waals surface area (Å²) in [6.07, 6.45) is 0. The number of anilines is 2. The van der Waals surface area contributed by atoms with Crippen LogP contribution in [0.2, 0.25) is 5.02 Å². The normalized spacial score (nSPS) is 11.3. The van der Waals surface area contributed by atoms with Gasteiger partial charge in [-0.25, -0.2) is 8.42 Å². The highest BCUT2D eigenvalue weighted by molar-refractivity contribution is 7.89. The van der Waals surface area contributed by atoms with Crippen molar-refractivity contribution in [3.8, 4) is 0 Å². The summed E-state index contributed by atoms with van der Waals surface area (Å²) in [5.74, 6) is -0.474. The van der Waals surface area contributed by atoms with Crippen molar-refractivity contribution in [3.63, 3.8) is 0 Å². The molecule has 3 aromatic rings. The lowest BCUT2D eigenvalue weighted by molar-refractivity contribution is -0.121. The fourth-order valence-corrected chi connectivity index (χ4v) is 3.92. The molecule has 0 bridgehead atoms. The molecule has 0 heterocycles. The molecular weight excluding hydrogens is 410 g/mol. The van der Waals surface area contributed by atoms with Gasteiger partial charge in [0, 0.05) is 12.1 Å². The van der Waals surface area contributed by atoms with Gasteiger partial charge in [-0.1, -0.05) is 48.0 Å². The zero-order valence-corrected chi connectivity index (χ0v) is 17.3. The molecule has 1 amide bonds. The summed E-state index contributed by atoms with van der Waals surface area (Å²) in [6.45, 7) is -0.346. The molecule has 0 radical (unpaired) electrons. The van der Waals surface area contributed by atoms with Gasteiger partial charge in [0.25, 0.3) is 5.91 Å². The van der Waals surface area contributed by atoms with Crippen molar-refractivity contribution in [2.24, 2.45) is 0 Å². The maximum atomic E-state index is 12.7. The van der Waals surface area contributed by atoms with Crippen LogP contribution in [0.4, 0.5) is 11.4 Å². The van der Waals surface area contributed by atoms with Crippen LogP contribution in [-0.4, -0.2) is 32.2 Å². The van der Waals surface area contributed by atoms with Crippen molar-refractivity contribution >= 4 is 38.9 Å². The minimum absolute atomic E-state index is 0.0696. The van der Waals surface area contributed by atoms with E-state index in [1.807, 2.05) is 60.7 Å². The predicted octanol–water partition coefficient (Wildman–Crippen LogP) is 3.83. The zero-order chi connectivity index (χ0) is 20.9. The van der Waals surface area contributed by atoms with E-state index in [0.717, 1.165) is 15.7 Å². The number of rotatable bonds is 7. The highest BCUT2D eigenvalue weighted by atomic mass is 35.5. The van der Waals surface area contributed by atoms with Crippen LogP contribution in [0.15, 0.2) is 89.8 Å². The summed E-state index contributed by atoms with van der Waals surface area (Å²) in [6, 6.07) is 24.4. The van der Waals surface area contributed by atoms with E-state index >= 15 is 0 Å². The Kier molecular flexibility index (Phi) is 6.53. The van der Waals surface area contributed by atoms with E-state index in [0.29, 0.717) is 5.02 Å². The Morgan fingerprint density at radius 3 is 1.83 bits per heavy atom. The maximum absolute atomic E-state index is 12.7. The largest absolute Gasteiger partial charge is 0.272 e. The molecule has 0 aliphatic rings. The van der Waals surface area contributed by atoms with Gasteiger partial charge in [0.15, 0.2) is 0 Å². The number of nitrogens with one attached hydrogen (secondary N) is 1. The number of carbonyl (C=O) groups excluding carboxylic acids is 1. The van der Waals surface area contributed by atoms with Gasteiger partial charge < -0.3 is 0 Å². The molecule has 0 saturated carbocycles. The minimum Gasteiger partial charge on any atom is -0.272 e. The standard InChI is InChI=1S/C21H20ClN3O3S/c1-24(29(27,28)20-14-12-17(22)13-15-20)16-21(26)23-25(18-8-4-2-5-9-18)19-10-6-3-7-11-19/h2-15H,16H2,1H3,(H,23,26). The van der Waals surface area contributed by atoms with Gasteiger partial charge in [-0.15, -0.1) is 0 Å². The number of benzene rings is 3. The number of nitrogens with zero attached hydrogens (tertiary/aromatic N) is 2. The molecule has 150 valence electrons. The summed E-state index contributed by atoms with van der Waals surface area (Å²) < 4.78 is 26.4. The fourth-order valence-electron chi connectivity index (χ4n) is 2.67. The first-order valence-electron chi connectivity index (χ1n) is 8.79. The zero-order valence-electron chi connectivity index (χ0n) is 15.7. The lowest BCUT2D eigenvalue weighted by Gasteiger charge is -2.26. The van der Waals surface area contributed by atoms with Gasteiger partial charge >= 0.3 is 0 Å². The second-order valence-electron chi connectivity index (χ2n) is 6.26. The Morgan fingerprint density at radius 1 is 0.862 bits per heavy atom. The quantitative estimate of drug-likeness (QED) is 0.579. The molecule has 0 aromatic heterocycles. The van der Waals surface area contributed by atoms with Crippen LogP contribution in [0.1, 0.15) is 0 Å². The fraction of sp³-hybridized carbons (Fsp3) is 0.0952. The Bertz CT molecular complexity index is 1020. The number of carbonyl (C=O) groups is 1. The predicted molar refractivity (Wildman–Crippen MR) is 114 cm³/mol. The first kappa shape index (κ1) is 20.9. The highest BCUT2D eigenvalue weighted by Crippen LogP contribution is 2.22. The molecule has 0 fully saturated rings. The van der Waals surface area contributed by atoms with Gasteiger partial charge in [-0.3, -0.25) is 15.2 Å². The molecule has 6 nitrogen and oxygen atoms in total. The topological polar surface area (TPSA) is 69.7 Å². The van der Waals surface area contributed by atoms with E-state index in [2.05, 4.69) is 5.43 Å². The van der Waals surface area contributed by atoms with Crippen LogP contribution >= 0.6 is 11.6 Å². The molecule has 0 atom stereocenters. The molecule has 0 spiro atoms. The van der Waals surface area contributed by atoms with E-state index in [-0.39, 0.29) is 11.4 Å². The molecule has 8 heteroatoms. The summed E-state index contributed by atoms with van der Waals surface area (Å²) in [4.78, 5) is 12.7. The molecular formula is C21H20ClN3O3S. The van der Waals surface area contributed by atoms with Crippen molar-refractivity contribution in [1.29, 1.82) is 0 Å². The molecule has 0 aliphatic carbocycles. The van der Waals surface area contributed by atoms with Gasteiger partial charge in [0.2, 0.25) is 10.0 Å². The Morgan fingerprint density at radius 2 is 1.34 bits per heavy atom. The number of likely N-dealkylation sites (N-methyl/N-ethyl adjacent to an activating group) is 1. The van der Waals surface area contributed by atoms with Crippen LogP contribution in [0.3, 0.4) is 0 Å². The lowest BCUT2D eigenvalue weighted by atomic mass is 10.2. The third-order valence-electron chi connectivity index (χ3n) is 4.15. The van der Waals surface area contributed by atoms with Crippen molar-refractivity contribution in [3.05, 3.63) is 90.0 Å². The molecule has 1 N–H and O–H groups in total. The van der Waals surface area contributed by atoms with Crippen LogP contribution in [0.5, 0.6) is 0 Å². The third-order valence-corrected chi connectivity index (χ3v) is 6.22. The molecule has 0 unspecified atom stereocenters. The molecule has 3 aromatic carbocycles. The van der Waals surface area contributed by atoms with Crippen molar-refractivity contribution < 1.29 is 13.2 Å². The Hall–Kier alpha value is -2.87. The average Bonchev–Trinajstić information content (AvgIpc) is 2.73. The molecule has 29 heavy (non-hydrogen) atoms. The second kappa shape index (κ2) is 9.09. The lowest BCUT2D eigenvalue weighted by Crippen LogP contribution is -2.45. The molecule has 3 rings (SSSR count). The molecule has 0 aliphatic heterocycles. The number of hydrogen-bond acceptors (Lipinski definition) is 4. The second-order valence-corrected chi connectivity index (χ2v) is 8.74. The van der Waals surface area contributed by atoms with E-state index in [1.54, 1.807) is 5.01 Å². The summed E-state index contributed by atoms with van der Waals surface area (Å²) in [5, 5.41) is 2.05. The summed E-state index contributed by atoms with van der Waals surface area (Å²) in [5.41, 5.74) is 4.27. The van der Waals surface area contributed by atoms with Gasteiger partial charge in [0.1, 0.15) is 0 Å². The van der Waals surface area contributed by atoms with E-state index in [1.165, 1.54) is 31.3 Å². The maximum Gasteiger partial charge on any atom is 0.254 e. The SMILES string of the molecule is CN(CC(=O)NN(c1ccccc1)c1ccccc1)S(=O)(=O)c1ccc(Cl)cc1. The Balaban J connectivity index is 1.77. The number of halogens is 1. The molecule has 0 saturated heterocycles. The van der Waals surface area contributed by atoms with Crippen LogP contribution in [0.25, 0.3) is 0 Å².